The molecule has 1 aliphatic heterocycles. The van der Waals surface area contributed by atoms with Crippen LogP contribution in [0.15, 0.2) is 28.7 Å². The quantitative estimate of drug-likeness (QED) is 0.852. The summed E-state index contributed by atoms with van der Waals surface area (Å²) >= 11 is 0. The average molecular weight is 257 g/mol. The molecule has 0 amide bonds. The van der Waals surface area contributed by atoms with Gasteiger partial charge in [0.15, 0.2) is 5.58 Å². The van der Waals surface area contributed by atoms with E-state index in [4.69, 9.17) is 10.2 Å². The Labute approximate surface area is 112 Å². The van der Waals surface area contributed by atoms with E-state index in [-0.39, 0.29) is 0 Å². The predicted octanol–water partition coefficient (Wildman–Crippen LogP) is 2.39. The van der Waals surface area contributed by atoms with Gasteiger partial charge in [0.05, 0.1) is 0 Å². The smallest absolute Gasteiger partial charge is 0.298 e. The van der Waals surface area contributed by atoms with Crippen LogP contribution in [0.4, 0.5) is 6.01 Å². The van der Waals surface area contributed by atoms with Crippen LogP contribution in [0.25, 0.3) is 11.1 Å². The summed E-state index contributed by atoms with van der Waals surface area (Å²) in [4.78, 5) is 6.87. The topological polar surface area (TPSA) is 55.3 Å². The lowest BCUT2D eigenvalue weighted by Crippen LogP contribution is -2.38. The fourth-order valence-corrected chi connectivity index (χ4v) is 3.67. The van der Waals surface area contributed by atoms with E-state index in [9.17, 15) is 0 Å². The van der Waals surface area contributed by atoms with Gasteiger partial charge in [-0.25, -0.2) is 0 Å². The molecule has 4 rings (SSSR count). The number of oxazole rings is 1. The predicted molar refractivity (Wildman–Crippen MR) is 75.0 cm³/mol. The van der Waals surface area contributed by atoms with Crippen LogP contribution in [0.3, 0.4) is 0 Å². The molecule has 1 saturated heterocycles. The molecule has 2 heterocycles. The van der Waals surface area contributed by atoms with E-state index < -0.39 is 0 Å². The zero-order valence-electron chi connectivity index (χ0n) is 11.0. The summed E-state index contributed by atoms with van der Waals surface area (Å²) in [5, 5.41) is 0. The van der Waals surface area contributed by atoms with Gasteiger partial charge in [0.1, 0.15) is 5.52 Å². The number of para-hydroxylation sites is 2. The third kappa shape index (κ3) is 1.82. The summed E-state index contributed by atoms with van der Waals surface area (Å²) in [6, 6.07) is 9.07. The lowest BCUT2D eigenvalue weighted by Gasteiger charge is -2.29. The molecule has 0 radical (unpaired) electrons. The van der Waals surface area contributed by atoms with Crippen molar-refractivity contribution >= 4 is 17.1 Å². The van der Waals surface area contributed by atoms with E-state index in [1.165, 1.54) is 19.3 Å². The third-order valence-electron chi connectivity index (χ3n) is 4.71. The Hall–Kier alpha value is -1.55. The van der Waals surface area contributed by atoms with Gasteiger partial charge in [-0.2, -0.15) is 4.98 Å². The highest BCUT2D eigenvalue weighted by Gasteiger charge is 2.40. The summed E-state index contributed by atoms with van der Waals surface area (Å²) in [5.74, 6) is 1.34. The molecule has 100 valence electrons. The zero-order valence-corrected chi connectivity index (χ0v) is 11.0. The monoisotopic (exact) mass is 257 g/mol. The highest BCUT2D eigenvalue weighted by Crippen LogP contribution is 2.37. The van der Waals surface area contributed by atoms with Crippen molar-refractivity contribution in [3.05, 3.63) is 24.3 Å². The Kier molecular flexibility index (Phi) is 2.52. The van der Waals surface area contributed by atoms with Crippen molar-refractivity contribution in [2.45, 2.75) is 25.3 Å². The number of rotatable bonds is 1. The van der Waals surface area contributed by atoms with Gasteiger partial charge in [0.2, 0.25) is 0 Å². The summed E-state index contributed by atoms with van der Waals surface area (Å²) in [6.07, 6.45) is 3.74. The normalized spacial score (nSPS) is 30.8. The van der Waals surface area contributed by atoms with Crippen LogP contribution in [-0.4, -0.2) is 24.1 Å². The molecular formula is C15H19N3O. The van der Waals surface area contributed by atoms with Crippen molar-refractivity contribution in [2.24, 2.45) is 17.6 Å². The maximum atomic E-state index is 6.26. The van der Waals surface area contributed by atoms with Crippen LogP contribution in [0.5, 0.6) is 0 Å². The van der Waals surface area contributed by atoms with Crippen molar-refractivity contribution in [3.8, 4) is 0 Å². The molecule has 1 aliphatic carbocycles. The van der Waals surface area contributed by atoms with E-state index in [1.54, 1.807) is 0 Å². The largest absolute Gasteiger partial charge is 0.423 e. The van der Waals surface area contributed by atoms with Crippen molar-refractivity contribution in [1.82, 2.24) is 4.98 Å². The molecule has 1 saturated carbocycles. The summed E-state index contributed by atoms with van der Waals surface area (Å²) in [7, 11) is 0. The minimum Gasteiger partial charge on any atom is -0.423 e. The molecule has 2 aromatic rings. The molecule has 4 heteroatoms. The fraction of sp³-hybridized carbons (Fsp3) is 0.533. The first kappa shape index (κ1) is 11.3. The van der Waals surface area contributed by atoms with Crippen molar-refractivity contribution in [2.75, 3.05) is 18.0 Å². The molecule has 3 unspecified atom stereocenters. The van der Waals surface area contributed by atoms with Crippen LogP contribution in [0, 0.1) is 11.8 Å². The Bertz CT molecular complexity index is 561. The minimum absolute atomic E-state index is 0.355. The van der Waals surface area contributed by atoms with E-state index in [2.05, 4.69) is 9.88 Å². The second kappa shape index (κ2) is 4.23. The van der Waals surface area contributed by atoms with Crippen molar-refractivity contribution < 1.29 is 4.42 Å². The number of nitrogens with two attached hydrogens (primary N) is 1. The zero-order chi connectivity index (χ0) is 12.8. The van der Waals surface area contributed by atoms with E-state index in [0.717, 1.165) is 36.1 Å². The van der Waals surface area contributed by atoms with Crippen LogP contribution >= 0.6 is 0 Å². The molecule has 0 bridgehead atoms. The van der Waals surface area contributed by atoms with E-state index in [1.807, 2.05) is 24.3 Å². The minimum atomic E-state index is 0.355. The molecular weight excluding hydrogens is 238 g/mol. The second-order valence-corrected chi connectivity index (χ2v) is 5.89. The first-order valence-corrected chi connectivity index (χ1v) is 7.17. The van der Waals surface area contributed by atoms with Gasteiger partial charge in [-0.3, -0.25) is 0 Å². The number of aromatic nitrogens is 1. The number of hydrogen-bond acceptors (Lipinski definition) is 4. The fourth-order valence-electron chi connectivity index (χ4n) is 3.67. The number of fused-ring (bicyclic) bond motifs is 2. The second-order valence-electron chi connectivity index (χ2n) is 5.89. The van der Waals surface area contributed by atoms with Gasteiger partial charge in [0.25, 0.3) is 6.01 Å². The lowest BCUT2D eigenvalue weighted by molar-refractivity contribution is 0.260. The van der Waals surface area contributed by atoms with Crippen molar-refractivity contribution in [3.63, 3.8) is 0 Å². The number of hydrogen-bond donors (Lipinski definition) is 1. The molecule has 1 aromatic carbocycles. The third-order valence-corrected chi connectivity index (χ3v) is 4.71. The Morgan fingerprint density at radius 1 is 1.21 bits per heavy atom. The molecule has 2 fully saturated rings. The van der Waals surface area contributed by atoms with Crippen molar-refractivity contribution in [1.29, 1.82) is 0 Å². The number of anilines is 1. The molecule has 2 aliphatic rings. The maximum absolute atomic E-state index is 6.26. The van der Waals surface area contributed by atoms with E-state index >= 15 is 0 Å². The molecule has 4 nitrogen and oxygen atoms in total. The van der Waals surface area contributed by atoms with Gasteiger partial charge >= 0.3 is 0 Å². The van der Waals surface area contributed by atoms with Gasteiger partial charge in [-0.15, -0.1) is 0 Å². The summed E-state index contributed by atoms with van der Waals surface area (Å²) in [5.41, 5.74) is 8.07. The molecule has 0 spiro atoms. The highest BCUT2D eigenvalue weighted by atomic mass is 16.4. The van der Waals surface area contributed by atoms with Gasteiger partial charge < -0.3 is 15.1 Å². The summed E-state index contributed by atoms with van der Waals surface area (Å²) < 4.78 is 5.87. The molecule has 2 N–H and O–H groups in total. The number of benzene rings is 1. The molecule has 19 heavy (non-hydrogen) atoms. The number of nitrogens with zero attached hydrogens (tertiary/aromatic N) is 2. The summed E-state index contributed by atoms with van der Waals surface area (Å²) in [6.45, 7) is 2.05. The molecule has 3 atom stereocenters. The highest BCUT2D eigenvalue weighted by molar-refractivity contribution is 5.74. The lowest BCUT2D eigenvalue weighted by atomic mass is 9.78. The molecule has 1 aromatic heterocycles. The van der Waals surface area contributed by atoms with Crippen LogP contribution in [0.1, 0.15) is 19.3 Å². The van der Waals surface area contributed by atoms with Gasteiger partial charge in [-0.05, 0) is 36.8 Å². The Morgan fingerprint density at radius 3 is 2.95 bits per heavy atom. The maximum Gasteiger partial charge on any atom is 0.298 e. The van der Waals surface area contributed by atoms with E-state index in [0.29, 0.717) is 12.0 Å². The van der Waals surface area contributed by atoms with Crippen LogP contribution < -0.4 is 10.6 Å². The Balaban J connectivity index is 1.63. The standard InChI is InChI=1S/C15H19N3O/c16-12-5-3-4-10-8-18(9-11(10)12)15-17-13-6-1-2-7-14(13)19-15/h1-2,6-7,10-12H,3-5,8-9,16H2. The van der Waals surface area contributed by atoms with Crippen LogP contribution in [0.2, 0.25) is 0 Å². The SMILES string of the molecule is NC1CCCC2CN(c3nc4ccccc4o3)CC12. The average Bonchev–Trinajstić information content (AvgIpc) is 3.02. The first-order chi connectivity index (χ1) is 9.31. The van der Waals surface area contributed by atoms with Gasteiger partial charge in [-0.1, -0.05) is 18.6 Å². The van der Waals surface area contributed by atoms with Crippen LogP contribution in [-0.2, 0) is 0 Å². The Morgan fingerprint density at radius 2 is 2.11 bits per heavy atom. The van der Waals surface area contributed by atoms with Gasteiger partial charge in [0, 0.05) is 19.1 Å². The first-order valence-electron chi connectivity index (χ1n) is 7.17.